The van der Waals surface area contributed by atoms with E-state index in [9.17, 15) is 18.4 Å². The molecule has 2 heterocycles. The van der Waals surface area contributed by atoms with Crippen molar-refractivity contribution in [2.24, 2.45) is 5.92 Å². The topological polar surface area (TPSA) is 57.5 Å². The Hall–Kier alpha value is -2.70. The number of benzene rings is 1. The number of ether oxygens (including phenoxy) is 2. The van der Waals surface area contributed by atoms with E-state index in [1.807, 2.05) is 25.3 Å². The summed E-state index contributed by atoms with van der Waals surface area (Å²) >= 11 is 0. The van der Waals surface area contributed by atoms with Crippen molar-refractivity contribution in [3.63, 3.8) is 0 Å². The first kappa shape index (κ1) is 21.0. The highest BCUT2D eigenvalue weighted by molar-refractivity contribution is 5.89. The lowest BCUT2D eigenvalue weighted by molar-refractivity contribution is 0.0522. The Morgan fingerprint density at radius 1 is 1.28 bits per heavy atom. The number of esters is 1. The maximum atomic E-state index is 13.6. The number of halogens is 2. The first-order valence-corrected chi connectivity index (χ1v) is 9.57. The Labute approximate surface area is 168 Å². The molecule has 0 radical (unpaired) electrons. The van der Waals surface area contributed by atoms with Crippen LogP contribution < -0.4 is 10.2 Å². The van der Waals surface area contributed by atoms with Crippen molar-refractivity contribution >= 4 is 5.97 Å². The van der Waals surface area contributed by atoms with Gasteiger partial charge in [-0.1, -0.05) is 13.8 Å². The summed E-state index contributed by atoms with van der Waals surface area (Å²) in [5.74, 6) is -0.427. The lowest BCUT2D eigenvalue weighted by Gasteiger charge is -2.43. The van der Waals surface area contributed by atoms with Crippen LogP contribution in [0.2, 0.25) is 0 Å². The lowest BCUT2D eigenvalue weighted by Crippen LogP contribution is -2.42. The summed E-state index contributed by atoms with van der Waals surface area (Å²) in [6.45, 7) is 7.93. The molecule has 0 N–H and O–H groups in total. The van der Waals surface area contributed by atoms with E-state index in [1.54, 1.807) is 13.0 Å². The SMILES string of the molecule is CCOC(=O)c1cn2c(cc1=O)-c1cc(C(F)F)c(OC)cc1CC2(C)C(C)C. The van der Waals surface area contributed by atoms with Crippen molar-refractivity contribution in [3.05, 3.63) is 51.3 Å². The summed E-state index contributed by atoms with van der Waals surface area (Å²) in [6, 6.07) is 4.35. The third-order valence-electron chi connectivity index (χ3n) is 5.86. The second-order valence-electron chi connectivity index (χ2n) is 7.77. The van der Waals surface area contributed by atoms with Crippen molar-refractivity contribution in [2.75, 3.05) is 13.7 Å². The summed E-state index contributed by atoms with van der Waals surface area (Å²) in [6.07, 6.45) is -0.671. The van der Waals surface area contributed by atoms with E-state index in [0.29, 0.717) is 17.7 Å². The molecule has 1 aromatic carbocycles. The van der Waals surface area contributed by atoms with Crippen LogP contribution in [-0.4, -0.2) is 24.3 Å². The zero-order valence-corrected chi connectivity index (χ0v) is 17.2. The van der Waals surface area contributed by atoms with Crippen molar-refractivity contribution in [1.82, 2.24) is 4.57 Å². The quantitative estimate of drug-likeness (QED) is 0.684. The normalized spacial score (nSPS) is 17.8. The molecule has 1 aliphatic heterocycles. The smallest absolute Gasteiger partial charge is 0.343 e. The zero-order chi connectivity index (χ0) is 21.5. The van der Waals surface area contributed by atoms with Crippen LogP contribution in [0.25, 0.3) is 11.3 Å². The monoisotopic (exact) mass is 405 g/mol. The molecule has 1 atom stereocenters. The largest absolute Gasteiger partial charge is 0.496 e. The molecular weight excluding hydrogens is 380 g/mol. The highest BCUT2D eigenvalue weighted by Crippen LogP contribution is 2.44. The van der Waals surface area contributed by atoms with Gasteiger partial charge in [0.05, 0.1) is 25.0 Å². The number of pyridine rings is 1. The molecule has 2 aromatic rings. The highest BCUT2D eigenvalue weighted by atomic mass is 19.3. The molecule has 0 amide bonds. The second-order valence-corrected chi connectivity index (χ2v) is 7.77. The number of rotatable bonds is 5. The van der Waals surface area contributed by atoms with Crippen LogP contribution in [0, 0.1) is 5.92 Å². The van der Waals surface area contributed by atoms with Gasteiger partial charge in [-0.05, 0) is 43.9 Å². The fourth-order valence-corrected chi connectivity index (χ4v) is 3.85. The van der Waals surface area contributed by atoms with E-state index < -0.39 is 23.4 Å². The molecule has 0 fully saturated rings. The minimum Gasteiger partial charge on any atom is -0.496 e. The predicted molar refractivity (Wildman–Crippen MR) is 106 cm³/mol. The van der Waals surface area contributed by atoms with Crippen LogP contribution in [0.1, 0.15) is 55.6 Å². The van der Waals surface area contributed by atoms with E-state index in [4.69, 9.17) is 9.47 Å². The fourth-order valence-electron chi connectivity index (χ4n) is 3.85. The van der Waals surface area contributed by atoms with Gasteiger partial charge in [-0.15, -0.1) is 0 Å². The number of methoxy groups -OCH3 is 1. The fraction of sp³-hybridized carbons (Fsp3) is 0.455. The van der Waals surface area contributed by atoms with E-state index >= 15 is 0 Å². The first-order valence-electron chi connectivity index (χ1n) is 9.57. The van der Waals surface area contributed by atoms with E-state index in [0.717, 1.165) is 5.56 Å². The number of hydrogen-bond acceptors (Lipinski definition) is 4. The molecule has 156 valence electrons. The molecular formula is C22H25F2NO4. The van der Waals surface area contributed by atoms with Gasteiger partial charge in [0.15, 0.2) is 5.43 Å². The number of carbonyl (C=O) groups is 1. The first-order chi connectivity index (χ1) is 13.6. The van der Waals surface area contributed by atoms with Crippen molar-refractivity contribution in [1.29, 1.82) is 0 Å². The summed E-state index contributed by atoms with van der Waals surface area (Å²) < 4.78 is 39.2. The lowest BCUT2D eigenvalue weighted by atomic mass is 9.76. The Bertz CT molecular complexity index is 1010. The molecule has 0 aliphatic carbocycles. The molecule has 1 unspecified atom stereocenters. The van der Waals surface area contributed by atoms with Crippen LogP contribution in [0.15, 0.2) is 29.2 Å². The molecule has 3 rings (SSSR count). The van der Waals surface area contributed by atoms with Gasteiger partial charge >= 0.3 is 5.97 Å². The molecule has 0 saturated carbocycles. The standard InChI is InChI=1S/C22H25F2NO4/c1-6-29-21(27)16-11-25-17(9-18(16)26)14-8-15(20(23)24)19(28-5)7-13(14)10-22(25,4)12(2)3/h7-9,11-12,20H,6,10H2,1-5H3. The van der Waals surface area contributed by atoms with Crippen molar-refractivity contribution < 1.29 is 23.0 Å². The minimum absolute atomic E-state index is 0.0616. The maximum absolute atomic E-state index is 13.6. The van der Waals surface area contributed by atoms with Crippen LogP contribution in [-0.2, 0) is 16.7 Å². The van der Waals surface area contributed by atoms with E-state index in [-0.39, 0.29) is 29.4 Å². The van der Waals surface area contributed by atoms with E-state index in [2.05, 4.69) is 0 Å². The predicted octanol–water partition coefficient (Wildman–Crippen LogP) is 4.57. The van der Waals surface area contributed by atoms with Crippen molar-refractivity contribution in [2.45, 2.75) is 46.1 Å². The highest BCUT2D eigenvalue weighted by Gasteiger charge is 2.38. The Balaban J connectivity index is 2.33. The van der Waals surface area contributed by atoms with Crippen LogP contribution in [0.4, 0.5) is 8.78 Å². The van der Waals surface area contributed by atoms with Crippen LogP contribution in [0.5, 0.6) is 5.75 Å². The summed E-state index contributed by atoms with van der Waals surface area (Å²) in [7, 11) is 1.36. The molecule has 5 nitrogen and oxygen atoms in total. The average molecular weight is 405 g/mol. The third kappa shape index (κ3) is 3.43. The average Bonchev–Trinajstić information content (AvgIpc) is 2.66. The van der Waals surface area contributed by atoms with Gasteiger partial charge in [0.25, 0.3) is 6.43 Å². The van der Waals surface area contributed by atoms with Gasteiger partial charge in [-0.2, -0.15) is 0 Å². The number of aromatic nitrogens is 1. The zero-order valence-electron chi connectivity index (χ0n) is 17.2. The van der Waals surface area contributed by atoms with Gasteiger partial charge < -0.3 is 14.0 Å². The Morgan fingerprint density at radius 3 is 2.52 bits per heavy atom. The van der Waals surface area contributed by atoms with Gasteiger partial charge in [0.2, 0.25) is 0 Å². The van der Waals surface area contributed by atoms with Gasteiger partial charge in [-0.25, -0.2) is 13.6 Å². The second kappa shape index (κ2) is 7.61. The summed E-state index contributed by atoms with van der Waals surface area (Å²) in [5, 5.41) is 0. The van der Waals surface area contributed by atoms with E-state index in [1.165, 1.54) is 25.4 Å². The van der Waals surface area contributed by atoms with Crippen LogP contribution >= 0.6 is 0 Å². The Kier molecular flexibility index (Phi) is 5.52. The van der Waals surface area contributed by atoms with Gasteiger partial charge in [0.1, 0.15) is 11.3 Å². The molecule has 0 bridgehead atoms. The van der Waals surface area contributed by atoms with Crippen LogP contribution in [0.3, 0.4) is 0 Å². The molecule has 1 aliphatic rings. The molecule has 7 heteroatoms. The van der Waals surface area contributed by atoms with Gasteiger partial charge in [-0.3, -0.25) is 4.79 Å². The molecule has 0 saturated heterocycles. The molecule has 0 spiro atoms. The number of fused-ring (bicyclic) bond motifs is 3. The van der Waals surface area contributed by atoms with Gasteiger partial charge in [0, 0.05) is 23.4 Å². The number of nitrogens with zero attached hydrogens (tertiary/aromatic N) is 1. The third-order valence-corrected chi connectivity index (χ3v) is 5.86. The number of carbonyl (C=O) groups excluding carboxylic acids is 1. The van der Waals surface area contributed by atoms with Crippen molar-refractivity contribution in [3.8, 4) is 17.0 Å². The Morgan fingerprint density at radius 2 is 1.97 bits per heavy atom. The number of alkyl halides is 2. The number of hydrogen-bond donors (Lipinski definition) is 0. The maximum Gasteiger partial charge on any atom is 0.343 e. The minimum atomic E-state index is -2.72. The summed E-state index contributed by atoms with van der Waals surface area (Å²) in [5.41, 5.74) is 0.612. The molecule has 29 heavy (non-hydrogen) atoms. The summed E-state index contributed by atoms with van der Waals surface area (Å²) in [4.78, 5) is 24.9. The molecule has 1 aromatic heterocycles.